The molecule has 0 aliphatic heterocycles. The summed E-state index contributed by atoms with van der Waals surface area (Å²) in [5.74, 6) is 0.205. The van der Waals surface area contributed by atoms with Crippen molar-refractivity contribution in [2.24, 2.45) is 0 Å². The molecule has 0 amide bonds. The van der Waals surface area contributed by atoms with E-state index in [0.29, 0.717) is 23.7 Å². The van der Waals surface area contributed by atoms with Crippen LogP contribution in [0.4, 0.5) is 5.69 Å². The van der Waals surface area contributed by atoms with Gasteiger partial charge in [-0.15, -0.1) is 0 Å². The lowest BCUT2D eigenvalue weighted by atomic mass is 9.90. The van der Waals surface area contributed by atoms with E-state index in [1.165, 1.54) is 13.2 Å². The van der Waals surface area contributed by atoms with Gasteiger partial charge in [0.2, 0.25) is 0 Å². The van der Waals surface area contributed by atoms with Gasteiger partial charge in [0.05, 0.1) is 29.7 Å². The van der Waals surface area contributed by atoms with E-state index in [4.69, 9.17) is 4.74 Å². The molecule has 2 aromatic rings. The molecule has 1 heterocycles. The number of benzene rings is 1. The first-order chi connectivity index (χ1) is 9.08. The summed E-state index contributed by atoms with van der Waals surface area (Å²) in [5.41, 5.74) is 0.590. The van der Waals surface area contributed by atoms with Crippen molar-refractivity contribution >= 4 is 16.6 Å². The van der Waals surface area contributed by atoms with E-state index in [0.717, 1.165) is 0 Å². The second-order valence-corrected chi connectivity index (χ2v) is 4.73. The molecule has 0 atom stereocenters. The number of nitro benzene ring substituents is 1. The van der Waals surface area contributed by atoms with Gasteiger partial charge in [-0.05, 0) is 12.8 Å². The molecule has 0 spiro atoms. The fourth-order valence-corrected chi connectivity index (χ4v) is 2.33. The molecule has 1 saturated carbocycles. The second-order valence-electron chi connectivity index (χ2n) is 4.73. The lowest BCUT2D eigenvalue weighted by Crippen LogP contribution is -2.30. The van der Waals surface area contributed by atoms with E-state index in [1.807, 2.05) is 0 Å². The van der Waals surface area contributed by atoms with Gasteiger partial charge in [-0.3, -0.25) is 14.8 Å². The number of aliphatic hydroxyl groups is 1. The Hall–Kier alpha value is -2.15. The average Bonchev–Trinajstić information content (AvgIpc) is 2.75. The van der Waals surface area contributed by atoms with Gasteiger partial charge in [0.15, 0.2) is 5.75 Å². The lowest BCUT2D eigenvalue weighted by molar-refractivity contribution is -0.385. The predicted molar refractivity (Wildman–Crippen MR) is 67.2 cm³/mol. The van der Waals surface area contributed by atoms with Crippen LogP contribution in [0.2, 0.25) is 0 Å². The van der Waals surface area contributed by atoms with E-state index in [1.54, 1.807) is 16.9 Å². The highest BCUT2D eigenvalue weighted by Crippen LogP contribution is 2.35. The number of rotatable bonds is 3. The molecule has 3 rings (SSSR count). The van der Waals surface area contributed by atoms with Gasteiger partial charge in [0, 0.05) is 23.7 Å². The number of aromatic nitrogens is 2. The number of aliphatic hydroxyl groups excluding tert-OH is 1. The molecule has 1 aliphatic carbocycles. The molecule has 1 aromatic heterocycles. The number of methoxy groups -OCH3 is 1. The van der Waals surface area contributed by atoms with E-state index < -0.39 is 4.92 Å². The summed E-state index contributed by atoms with van der Waals surface area (Å²) < 4.78 is 6.78. The van der Waals surface area contributed by atoms with Crippen molar-refractivity contribution in [2.45, 2.75) is 25.0 Å². The first-order valence-electron chi connectivity index (χ1n) is 5.98. The quantitative estimate of drug-likeness (QED) is 0.671. The molecular formula is C12H13N3O4. The average molecular weight is 263 g/mol. The van der Waals surface area contributed by atoms with Crippen LogP contribution >= 0.6 is 0 Å². The maximum Gasteiger partial charge on any atom is 0.311 e. The Labute approximate surface area is 108 Å². The van der Waals surface area contributed by atoms with Gasteiger partial charge in [0.1, 0.15) is 0 Å². The van der Waals surface area contributed by atoms with Crippen LogP contribution in [0.25, 0.3) is 10.9 Å². The molecule has 0 radical (unpaired) electrons. The minimum absolute atomic E-state index is 0.0665. The van der Waals surface area contributed by atoms with Gasteiger partial charge in [-0.2, -0.15) is 5.10 Å². The number of hydrogen-bond donors (Lipinski definition) is 1. The van der Waals surface area contributed by atoms with Crippen LogP contribution < -0.4 is 4.74 Å². The number of nitro groups is 1. The Morgan fingerprint density at radius 1 is 1.53 bits per heavy atom. The van der Waals surface area contributed by atoms with Crippen LogP contribution in [0.1, 0.15) is 18.9 Å². The van der Waals surface area contributed by atoms with Crippen LogP contribution in [0, 0.1) is 10.1 Å². The van der Waals surface area contributed by atoms with Crippen LogP contribution in [0.3, 0.4) is 0 Å². The van der Waals surface area contributed by atoms with E-state index >= 15 is 0 Å². The third-order valence-corrected chi connectivity index (χ3v) is 3.48. The predicted octanol–water partition coefficient (Wildman–Crippen LogP) is 1.65. The van der Waals surface area contributed by atoms with Gasteiger partial charge in [-0.25, -0.2) is 0 Å². The van der Waals surface area contributed by atoms with Crippen molar-refractivity contribution in [1.29, 1.82) is 0 Å². The van der Waals surface area contributed by atoms with Crippen LogP contribution in [0.5, 0.6) is 5.75 Å². The van der Waals surface area contributed by atoms with Crippen molar-refractivity contribution in [3.63, 3.8) is 0 Å². The Morgan fingerprint density at radius 3 is 2.84 bits per heavy atom. The molecule has 1 aliphatic rings. The Balaban J connectivity index is 2.05. The number of fused-ring (bicyclic) bond motifs is 1. The van der Waals surface area contributed by atoms with E-state index in [2.05, 4.69) is 5.10 Å². The van der Waals surface area contributed by atoms with E-state index in [9.17, 15) is 15.2 Å². The fraction of sp³-hybridized carbons (Fsp3) is 0.417. The van der Waals surface area contributed by atoms with Crippen molar-refractivity contribution in [3.05, 3.63) is 28.4 Å². The summed E-state index contributed by atoms with van der Waals surface area (Å²) in [6, 6.07) is 3.21. The highest BCUT2D eigenvalue weighted by atomic mass is 16.6. The Kier molecular flexibility index (Phi) is 2.63. The zero-order valence-electron chi connectivity index (χ0n) is 10.3. The van der Waals surface area contributed by atoms with Crippen LogP contribution in [-0.4, -0.2) is 33.0 Å². The minimum atomic E-state index is -0.470. The van der Waals surface area contributed by atoms with Gasteiger partial charge >= 0.3 is 5.69 Å². The third-order valence-electron chi connectivity index (χ3n) is 3.48. The summed E-state index contributed by atoms with van der Waals surface area (Å²) in [4.78, 5) is 10.5. The van der Waals surface area contributed by atoms with Gasteiger partial charge in [-0.1, -0.05) is 0 Å². The van der Waals surface area contributed by atoms with Gasteiger partial charge < -0.3 is 9.84 Å². The summed E-state index contributed by atoms with van der Waals surface area (Å²) in [6.07, 6.45) is 2.86. The molecule has 1 N–H and O–H groups in total. The molecule has 0 unspecified atom stereocenters. The van der Waals surface area contributed by atoms with E-state index in [-0.39, 0.29) is 23.6 Å². The van der Waals surface area contributed by atoms with Crippen molar-refractivity contribution in [2.75, 3.05) is 7.11 Å². The molecule has 0 bridgehead atoms. The SMILES string of the molecule is COc1cc2nn(C3CC(O)C3)cc2cc1[N+](=O)[O-]. The Bertz CT molecular complexity index is 646. The lowest BCUT2D eigenvalue weighted by Gasteiger charge is -2.31. The fourth-order valence-electron chi connectivity index (χ4n) is 2.33. The number of nitrogens with zero attached hydrogens (tertiary/aromatic N) is 3. The molecular weight excluding hydrogens is 250 g/mol. The summed E-state index contributed by atoms with van der Waals surface area (Å²) in [6.45, 7) is 0. The summed E-state index contributed by atoms with van der Waals surface area (Å²) >= 11 is 0. The van der Waals surface area contributed by atoms with Crippen LogP contribution in [0.15, 0.2) is 18.3 Å². The molecule has 7 nitrogen and oxygen atoms in total. The first-order valence-corrected chi connectivity index (χ1v) is 5.98. The summed E-state index contributed by atoms with van der Waals surface area (Å²) in [7, 11) is 1.40. The zero-order valence-corrected chi connectivity index (χ0v) is 10.3. The standard InChI is InChI=1S/C12H13N3O4/c1-19-12-5-10-7(2-11(12)15(17)18)6-14(13-10)8-3-9(16)4-8/h2,5-6,8-9,16H,3-4H2,1H3. The van der Waals surface area contributed by atoms with Crippen molar-refractivity contribution in [3.8, 4) is 5.75 Å². The topological polar surface area (TPSA) is 90.4 Å². The number of hydrogen-bond acceptors (Lipinski definition) is 5. The van der Waals surface area contributed by atoms with Crippen molar-refractivity contribution in [1.82, 2.24) is 9.78 Å². The zero-order chi connectivity index (χ0) is 13.6. The smallest absolute Gasteiger partial charge is 0.311 e. The molecule has 1 fully saturated rings. The van der Waals surface area contributed by atoms with Crippen molar-refractivity contribution < 1.29 is 14.8 Å². The highest BCUT2D eigenvalue weighted by molar-refractivity contribution is 5.83. The second kappa shape index (κ2) is 4.20. The first kappa shape index (κ1) is 11.9. The molecule has 1 aromatic carbocycles. The van der Waals surface area contributed by atoms with Crippen LogP contribution in [-0.2, 0) is 0 Å². The minimum Gasteiger partial charge on any atom is -0.490 e. The number of ether oxygens (including phenoxy) is 1. The highest BCUT2D eigenvalue weighted by Gasteiger charge is 2.29. The molecule has 0 saturated heterocycles. The molecule has 100 valence electrons. The molecule has 7 heteroatoms. The Morgan fingerprint density at radius 2 is 2.26 bits per heavy atom. The molecule has 19 heavy (non-hydrogen) atoms. The third kappa shape index (κ3) is 1.91. The van der Waals surface area contributed by atoms with Gasteiger partial charge in [0.25, 0.3) is 0 Å². The largest absolute Gasteiger partial charge is 0.490 e. The maximum absolute atomic E-state index is 10.9. The maximum atomic E-state index is 10.9. The summed E-state index contributed by atoms with van der Waals surface area (Å²) in [5, 5.41) is 25.3. The monoisotopic (exact) mass is 263 g/mol. The normalized spacial score (nSPS) is 22.2.